The number of carbonyl (C=O) groups is 2. The molecule has 14 heteroatoms. The van der Waals surface area contributed by atoms with E-state index >= 15 is 0 Å². The van der Waals surface area contributed by atoms with Crippen molar-refractivity contribution < 1.29 is 28.5 Å². The van der Waals surface area contributed by atoms with E-state index in [-0.39, 0.29) is 36.8 Å². The number of halogens is 2. The first-order valence-corrected chi connectivity index (χ1v) is 17.5. The van der Waals surface area contributed by atoms with Gasteiger partial charge in [0.2, 0.25) is 35.3 Å². The lowest BCUT2D eigenvalue weighted by atomic mass is 9.92. The van der Waals surface area contributed by atoms with Crippen LogP contribution >= 0.6 is 23.2 Å². The Morgan fingerprint density at radius 3 is 1.38 bits per heavy atom. The van der Waals surface area contributed by atoms with Crippen molar-refractivity contribution in [1.82, 2.24) is 31.2 Å². The van der Waals surface area contributed by atoms with Gasteiger partial charge >= 0.3 is 0 Å². The maximum Gasteiger partial charge on any atom is 0.236 e. The highest BCUT2D eigenvalue weighted by atomic mass is 35.5. The molecule has 0 bridgehead atoms. The predicted molar refractivity (Wildman–Crippen MR) is 202 cm³/mol. The molecular formula is C38H46Cl2N6O6. The minimum Gasteiger partial charge on any atom is -0.481 e. The molecule has 4 N–H and O–H groups in total. The lowest BCUT2D eigenvalue weighted by molar-refractivity contribution is -0.123. The molecule has 0 aliphatic carbocycles. The first kappa shape index (κ1) is 40.2. The highest BCUT2D eigenvalue weighted by Crippen LogP contribution is 2.34. The fraction of sp³-hybridized carbons (Fsp3) is 0.368. The van der Waals surface area contributed by atoms with Crippen LogP contribution in [0.1, 0.15) is 47.2 Å². The molecule has 0 saturated carbocycles. The van der Waals surface area contributed by atoms with Gasteiger partial charge < -0.3 is 40.2 Å². The van der Waals surface area contributed by atoms with E-state index in [1.807, 2.05) is 24.3 Å². The van der Waals surface area contributed by atoms with E-state index in [1.165, 1.54) is 14.2 Å². The molecule has 2 heterocycles. The third-order valence-corrected chi connectivity index (χ3v) is 9.28. The number of hydrogen-bond acceptors (Lipinski definition) is 10. The molecule has 2 aromatic heterocycles. The number of nitrogens with one attached hydrogen (secondary N) is 4. The van der Waals surface area contributed by atoms with Crippen molar-refractivity contribution in [2.75, 3.05) is 28.3 Å². The predicted octanol–water partition coefficient (Wildman–Crippen LogP) is 5.69. The molecular weight excluding hydrogens is 707 g/mol. The molecule has 12 nitrogen and oxygen atoms in total. The fourth-order valence-corrected chi connectivity index (χ4v) is 5.95. The Morgan fingerprint density at radius 1 is 0.654 bits per heavy atom. The minimum absolute atomic E-state index is 0.128. The Bertz CT molecular complexity index is 1760. The van der Waals surface area contributed by atoms with E-state index in [1.54, 1.807) is 40.1 Å². The number of rotatable bonds is 17. The Morgan fingerprint density at radius 2 is 1.04 bits per heavy atom. The van der Waals surface area contributed by atoms with Crippen LogP contribution in [0, 0.1) is 13.8 Å². The summed E-state index contributed by atoms with van der Waals surface area (Å²) in [6.07, 6.45) is 0. The number of carbonyl (C=O) groups excluding carboxylic acids is 2. The monoisotopic (exact) mass is 752 g/mol. The summed E-state index contributed by atoms with van der Waals surface area (Å²) in [7, 11) is 6.23. The largest absolute Gasteiger partial charge is 0.481 e. The van der Waals surface area contributed by atoms with E-state index in [0.717, 1.165) is 33.4 Å². The second kappa shape index (κ2) is 18.7. The van der Waals surface area contributed by atoms with Gasteiger partial charge in [-0.05, 0) is 73.2 Å². The molecule has 2 aromatic carbocycles. The summed E-state index contributed by atoms with van der Waals surface area (Å²) in [4.78, 5) is 32.8. The van der Waals surface area contributed by atoms with Gasteiger partial charge in [0, 0.05) is 38.3 Å². The van der Waals surface area contributed by atoms with Crippen LogP contribution in [-0.4, -0.2) is 62.2 Å². The van der Waals surface area contributed by atoms with Crippen molar-refractivity contribution in [3.63, 3.8) is 0 Å². The highest BCUT2D eigenvalue weighted by molar-refractivity contribution is 6.32. The molecule has 2 amide bonds. The number of nitrogens with zero attached hydrogens (tertiary/aromatic N) is 2. The number of benzene rings is 2. The van der Waals surface area contributed by atoms with Crippen molar-refractivity contribution in [2.45, 2.75) is 66.1 Å². The van der Waals surface area contributed by atoms with Crippen molar-refractivity contribution in [1.29, 1.82) is 0 Å². The number of aromatic nitrogens is 2. The van der Waals surface area contributed by atoms with Crippen molar-refractivity contribution in [3.05, 3.63) is 92.0 Å². The van der Waals surface area contributed by atoms with Gasteiger partial charge in [-0.15, -0.1) is 0 Å². The summed E-state index contributed by atoms with van der Waals surface area (Å²) >= 11 is 13.2. The fourth-order valence-electron chi connectivity index (χ4n) is 5.50. The molecule has 4 aromatic rings. The van der Waals surface area contributed by atoms with Crippen LogP contribution in [-0.2, 0) is 35.9 Å². The third kappa shape index (κ3) is 9.82. The molecule has 0 radical (unpaired) electrons. The molecule has 0 aliphatic heterocycles. The van der Waals surface area contributed by atoms with Gasteiger partial charge in [-0.25, -0.2) is 0 Å². The second-order valence-corrected chi connectivity index (χ2v) is 12.9. The Kier molecular flexibility index (Phi) is 14.5. The zero-order valence-corrected chi connectivity index (χ0v) is 32.2. The van der Waals surface area contributed by atoms with Crippen LogP contribution in [0.5, 0.6) is 23.5 Å². The summed E-state index contributed by atoms with van der Waals surface area (Å²) in [5, 5.41) is 12.2. The van der Waals surface area contributed by atoms with E-state index in [2.05, 4.69) is 57.2 Å². The average molecular weight is 754 g/mol. The maximum atomic E-state index is 11.9. The van der Waals surface area contributed by atoms with Gasteiger partial charge in [0.05, 0.1) is 26.3 Å². The number of hydrogen-bond donors (Lipinski definition) is 4. The van der Waals surface area contributed by atoms with Crippen LogP contribution < -0.4 is 40.2 Å². The van der Waals surface area contributed by atoms with Crippen molar-refractivity contribution >= 4 is 35.0 Å². The summed E-state index contributed by atoms with van der Waals surface area (Å²) < 4.78 is 23.2. The number of likely N-dealkylation sites (N-methyl/N-ethyl adjacent to an activating group) is 2. The molecule has 52 heavy (non-hydrogen) atoms. The van der Waals surface area contributed by atoms with Gasteiger partial charge in [0.1, 0.15) is 23.3 Å². The average Bonchev–Trinajstić information content (AvgIpc) is 3.15. The molecule has 278 valence electrons. The smallest absolute Gasteiger partial charge is 0.236 e. The van der Waals surface area contributed by atoms with Crippen LogP contribution in [0.25, 0.3) is 11.1 Å². The molecule has 4 rings (SSSR count). The lowest BCUT2D eigenvalue weighted by Gasteiger charge is -2.18. The summed E-state index contributed by atoms with van der Waals surface area (Å²) in [6.45, 7) is 8.76. The molecule has 2 unspecified atom stereocenters. The zero-order chi connectivity index (χ0) is 37.9. The maximum absolute atomic E-state index is 11.9. The Balaban J connectivity index is 1.48. The van der Waals surface area contributed by atoms with Crippen LogP contribution in [0.15, 0.2) is 48.5 Å². The van der Waals surface area contributed by atoms with Gasteiger partial charge in [0.25, 0.3) is 0 Å². The van der Waals surface area contributed by atoms with Gasteiger partial charge in [0.15, 0.2) is 0 Å². The summed E-state index contributed by atoms with van der Waals surface area (Å²) in [5.74, 6) is 0.937. The van der Waals surface area contributed by atoms with Crippen LogP contribution in [0.3, 0.4) is 0 Å². The number of amides is 2. The normalized spacial score (nSPS) is 12.1. The van der Waals surface area contributed by atoms with Gasteiger partial charge in [-0.2, -0.15) is 9.97 Å². The van der Waals surface area contributed by atoms with E-state index in [9.17, 15) is 9.59 Å². The quantitative estimate of drug-likeness (QED) is 0.106. The third-order valence-electron chi connectivity index (χ3n) is 8.74. The molecule has 2 atom stereocenters. The van der Waals surface area contributed by atoms with E-state index < -0.39 is 12.1 Å². The molecule has 0 fully saturated rings. The molecule has 0 saturated heterocycles. The van der Waals surface area contributed by atoms with Crippen molar-refractivity contribution in [3.8, 4) is 34.6 Å². The number of methoxy groups -OCH3 is 2. The van der Waals surface area contributed by atoms with E-state index in [4.69, 9.17) is 42.1 Å². The highest BCUT2D eigenvalue weighted by Gasteiger charge is 2.19. The molecule has 0 aliphatic rings. The van der Waals surface area contributed by atoms with Gasteiger partial charge in [-0.3, -0.25) is 9.59 Å². The van der Waals surface area contributed by atoms with E-state index in [0.29, 0.717) is 46.0 Å². The second-order valence-electron chi connectivity index (χ2n) is 12.1. The van der Waals surface area contributed by atoms with Crippen molar-refractivity contribution in [2.24, 2.45) is 0 Å². The standard InChI is InChI=1S/C38H46Cl2N6O6/c1-21-25(19-51-37-31(39)15-27(35(45-37)49-7)17-43-23(3)33(47)41-5)11-9-13-29(21)30-14-10-12-26(22(30)2)20-52-38-32(40)16-28(36(46-38)50-8)18-44-24(4)34(48)42-6/h9-16,23-24,43-44H,17-20H2,1-8H3,(H,41,47)(H,42,48). The Labute approximate surface area is 314 Å². The summed E-state index contributed by atoms with van der Waals surface area (Å²) in [6, 6.07) is 14.8. The lowest BCUT2D eigenvalue weighted by Crippen LogP contribution is -2.40. The topological polar surface area (TPSA) is 145 Å². The first-order chi connectivity index (χ1) is 24.9. The molecule has 0 spiro atoms. The van der Waals surface area contributed by atoms with Gasteiger partial charge in [-0.1, -0.05) is 59.6 Å². The van der Waals surface area contributed by atoms with Crippen LogP contribution in [0.4, 0.5) is 0 Å². The number of pyridine rings is 2. The zero-order valence-electron chi connectivity index (χ0n) is 30.7. The van der Waals surface area contributed by atoms with Crippen LogP contribution in [0.2, 0.25) is 10.0 Å². The Hall–Kier alpha value is -4.62. The summed E-state index contributed by atoms with van der Waals surface area (Å²) in [5.41, 5.74) is 7.49. The SMILES string of the molecule is CNC(=O)C(C)NCc1cc(Cl)c(OCc2cccc(-c3cccc(COc4nc(OC)c(CNC(C)C(=O)NC)cc4Cl)c3C)c2C)nc1OC. The minimum atomic E-state index is -0.408. The number of ether oxygens (including phenoxy) is 4. The first-order valence-electron chi connectivity index (χ1n) is 16.7.